The Labute approximate surface area is 105 Å². The molecule has 92 valence electrons. The Morgan fingerprint density at radius 1 is 1.22 bits per heavy atom. The Kier molecular flexibility index (Phi) is 2.44. The molecule has 0 bridgehead atoms. The van der Waals surface area contributed by atoms with E-state index >= 15 is 0 Å². The fourth-order valence-corrected chi connectivity index (χ4v) is 2.10. The number of hydrogen-bond acceptors (Lipinski definition) is 3. The quantitative estimate of drug-likeness (QED) is 0.749. The van der Waals surface area contributed by atoms with E-state index in [2.05, 4.69) is 40.1 Å². The largest absolute Gasteiger partial charge is 0.473 e. The van der Waals surface area contributed by atoms with Gasteiger partial charge >= 0.3 is 0 Å². The normalized spacial score (nSPS) is 11.6. The van der Waals surface area contributed by atoms with Gasteiger partial charge < -0.3 is 9.72 Å². The van der Waals surface area contributed by atoms with Gasteiger partial charge in [0.1, 0.15) is 17.4 Å². The van der Waals surface area contributed by atoms with Crippen LogP contribution >= 0.6 is 0 Å². The van der Waals surface area contributed by atoms with E-state index in [0.717, 1.165) is 21.9 Å². The molecule has 1 aromatic carbocycles. The highest BCUT2D eigenvalue weighted by molar-refractivity contribution is 6.06. The molecule has 0 radical (unpaired) electrons. The lowest BCUT2D eigenvalue weighted by molar-refractivity contribution is 0.235. The fourth-order valence-electron chi connectivity index (χ4n) is 2.10. The summed E-state index contributed by atoms with van der Waals surface area (Å²) in [6.45, 7) is 6.05. The highest BCUT2D eigenvalue weighted by Crippen LogP contribution is 2.29. The summed E-state index contributed by atoms with van der Waals surface area (Å²) in [5, 5.41) is 1.11. The van der Waals surface area contributed by atoms with Crippen molar-refractivity contribution >= 4 is 21.9 Å². The van der Waals surface area contributed by atoms with E-state index in [1.165, 1.54) is 5.56 Å². The Bertz CT molecular complexity index is 715. The first-order chi connectivity index (χ1) is 8.65. The second kappa shape index (κ2) is 3.98. The van der Waals surface area contributed by atoms with Crippen molar-refractivity contribution in [2.24, 2.45) is 0 Å². The van der Waals surface area contributed by atoms with Crippen LogP contribution in [0.15, 0.2) is 24.5 Å². The Morgan fingerprint density at radius 2 is 2.06 bits per heavy atom. The second-order valence-electron chi connectivity index (χ2n) is 4.74. The Balaban J connectivity index is 2.32. The molecule has 0 spiro atoms. The van der Waals surface area contributed by atoms with Gasteiger partial charge in [-0.1, -0.05) is 11.6 Å². The molecule has 0 fully saturated rings. The minimum atomic E-state index is 0.0937. The molecule has 0 aliphatic heterocycles. The topological polar surface area (TPSA) is 50.8 Å². The Morgan fingerprint density at radius 3 is 2.83 bits per heavy atom. The lowest BCUT2D eigenvalue weighted by Crippen LogP contribution is -2.07. The van der Waals surface area contributed by atoms with Crippen molar-refractivity contribution < 1.29 is 4.74 Å². The number of nitrogens with one attached hydrogen (secondary N) is 1. The maximum atomic E-state index is 5.70. The van der Waals surface area contributed by atoms with E-state index in [4.69, 9.17) is 4.74 Å². The first-order valence-corrected chi connectivity index (χ1v) is 6.05. The lowest BCUT2D eigenvalue weighted by atomic mass is 10.2. The monoisotopic (exact) mass is 241 g/mol. The van der Waals surface area contributed by atoms with Crippen molar-refractivity contribution in [3.63, 3.8) is 0 Å². The van der Waals surface area contributed by atoms with Gasteiger partial charge in [0, 0.05) is 10.9 Å². The van der Waals surface area contributed by atoms with Crippen LogP contribution in [0, 0.1) is 6.92 Å². The predicted octanol–water partition coefficient (Wildman–Crippen LogP) is 3.21. The molecule has 4 heteroatoms. The second-order valence-corrected chi connectivity index (χ2v) is 4.74. The summed E-state index contributed by atoms with van der Waals surface area (Å²) in [4.78, 5) is 11.9. The van der Waals surface area contributed by atoms with Crippen LogP contribution in [0.2, 0.25) is 0 Å². The molecule has 3 aromatic rings. The van der Waals surface area contributed by atoms with Gasteiger partial charge in [-0.3, -0.25) is 0 Å². The summed E-state index contributed by atoms with van der Waals surface area (Å²) in [6, 6.07) is 6.26. The summed E-state index contributed by atoms with van der Waals surface area (Å²) < 4.78 is 5.70. The minimum absolute atomic E-state index is 0.0937. The highest BCUT2D eigenvalue weighted by atomic mass is 16.5. The molecule has 3 rings (SSSR count). The third-order valence-electron chi connectivity index (χ3n) is 2.85. The maximum absolute atomic E-state index is 5.70. The lowest BCUT2D eigenvalue weighted by Gasteiger charge is -2.08. The fraction of sp³-hybridized carbons (Fsp3) is 0.286. The van der Waals surface area contributed by atoms with Crippen LogP contribution in [-0.4, -0.2) is 21.1 Å². The number of aromatic amines is 1. The number of ether oxygens (including phenoxy) is 1. The number of benzene rings is 1. The number of hydrogen-bond donors (Lipinski definition) is 1. The molecule has 0 aliphatic carbocycles. The van der Waals surface area contributed by atoms with E-state index in [9.17, 15) is 0 Å². The molecule has 0 atom stereocenters. The van der Waals surface area contributed by atoms with E-state index in [1.54, 1.807) is 6.33 Å². The average molecular weight is 241 g/mol. The molecule has 4 nitrogen and oxygen atoms in total. The SMILES string of the molecule is Cc1ccc2[nH]c3c(OC(C)C)ncnc3c2c1. The zero-order valence-corrected chi connectivity index (χ0v) is 10.7. The standard InChI is InChI=1S/C14H15N3O/c1-8(2)18-14-13-12(15-7-16-14)10-6-9(3)4-5-11(10)17-13/h4-8,17H,1-3H3. The molecule has 0 aliphatic rings. The molecule has 0 unspecified atom stereocenters. The van der Waals surface area contributed by atoms with Crippen LogP contribution in [0.1, 0.15) is 19.4 Å². The summed E-state index contributed by atoms with van der Waals surface area (Å²) >= 11 is 0. The molecule has 0 amide bonds. The molecule has 0 saturated heterocycles. The van der Waals surface area contributed by atoms with Crippen LogP contribution in [0.5, 0.6) is 5.88 Å². The Hall–Kier alpha value is -2.10. The highest BCUT2D eigenvalue weighted by Gasteiger charge is 2.12. The van der Waals surface area contributed by atoms with Gasteiger partial charge in [0.25, 0.3) is 0 Å². The first-order valence-electron chi connectivity index (χ1n) is 6.05. The van der Waals surface area contributed by atoms with Crippen molar-refractivity contribution in [3.05, 3.63) is 30.1 Å². The number of rotatable bonds is 2. The minimum Gasteiger partial charge on any atom is -0.473 e. The van der Waals surface area contributed by atoms with Gasteiger partial charge in [-0.2, -0.15) is 4.98 Å². The number of aryl methyl sites for hydroxylation is 1. The first kappa shape index (κ1) is 11.0. The van der Waals surface area contributed by atoms with E-state index in [1.807, 2.05) is 13.8 Å². The molecule has 2 aromatic heterocycles. The number of H-pyrrole nitrogens is 1. The van der Waals surface area contributed by atoms with Crippen molar-refractivity contribution in [2.45, 2.75) is 26.9 Å². The van der Waals surface area contributed by atoms with Crippen LogP contribution in [0.25, 0.3) is 21.9 Å². The van der Waals surface area contributed by atoms with E-state index in [-0.39, 0.29) is 6.10 Å². The molecule has 2 heterocycles. The number of fused-ring (bicyclic) bond motifs is 3. The number of nitrogens with zero attached hydrogens (tertiary/aromatic N) is 2. The average Bonchev–Trinajstić information content (AvgIpc) is 2.68. The summed E-state index contributed by atoms with van der Waals surface area (Å²) in [5.41, 5.74) is 4.06. The van der Waals surface area contributed by atoms with Crippen molar-refractivity contribution in [2.75, 3.05) is 0 Å². The third kappa shape index (κ3) is 1.70. The molecule has 0 saturated carbocycles. The molecule has 18 heavy (non-hydrogen) atoms. The predicted molar refractivity (Wildman–Crippen MR) is 71.9 cm³/mol. The van der Waals surface area contributed by atoms with E-state index < -0.39 is 0 Å². The van der Waals surface area contributed by atoms with Crippen molar-refractivity contribution in [1.29, 1.82) is 0 Å². The van der Waals surface area contributed by atoms with E-state index in [0.29, 0.717) is 5.88 Å². The van der Waals surface area contributed by atoms with Gasteiger partial charge in [-0.15, -0.1) is 0 Å². The zero-order valence-electron chi connectivity index (χ0n) is 10.7. The zero-order chi connectivity index (χ0) is 12.7. The molecular weight excluding hydrogens is 226 g/mol. The van der Waals surface area contributed by atoms with Gasteiger partial charge in [0.05, 0.1) is 6.10 Å². The van der Waals surface area contributed by atoms with Gasteiger partial charge in [0.15, 0.2) is 0 Å². The van der Waals surface area contributed by atoms with Crippen LogP contribution < -0.4 is 4.74 Å². The molecule has 1 N–H and O–H groups in total. The summed E-state index contributed by atoms with van der Waals surface area (Å²) in [5.74, 6) is 0.615. The summed E-state index contributed by atoms with van der Waals surface area (Å²) in [7, 11) is 0. The maximum Gasteiger partial charge on any atom is 0.241 e. The number of aromatic nitrogens is 3. The van der Waals surface area contributed by atoms with Crippen molar-refractivity contribution in [1.82, 2.24) is 15.0 Å². The van der Waals surface area contributed by atoms with Gasteiger partial charge in [-0.25, -0.2) is 4.98 Å². The molecular formula is C14H15N3O. The third-order valence-corrected chi connectivity index (χ3v) is 2.85. The smallest absolute Gasteiger partial charge is 0.241 e. The van der Waals surface area contributed by atoms with Crippen molar-refractivity contribution in [3.8, 4) is 5.88 Å². The van der Waals surface area contributed by atoms with Crippen LogP contribution in [0.3, 0.4) is 0 Å². The summed E-state index contributed by atoms with van der Waals surface area (Å²) in [6.07, 6.45) is 1.64. The van der Waals surface area contributed by atoms with Crippen LogP contribution in [0.4, 0.5) is 0 Å². The van der Waals surface area contributed by atoms with Crippen LogP contribution in [-0.2, 0) is 0 Å². The van der Waals surface area contributed by atoms with Gasteiger partial charge in [0.2, 0.25) is 5.88 Å². The van der Waals surface area contributed by atoms with Gasteiger partial charge in [-0.05, 0) is 32.9 Å².